The number of hydrogen-bond acceptors (Lipinski definition) is 4. The van der Waals surface area contributed by atoms with Crippen LogP contribution in [0.5, 0.6) is 0 Å². The normalized spacial score (nSPS) is 16.5. The Balaban J connectivity index is 0.00000180. The van der Waals surface area contributed by atoms with Gasteiger partial charge in [0.1, 0.15) is 11.6 Å². The van der Waals surface area contributed by atoms with E-state index in [1.165, 1.54) is 12.1 Å². The van der Waals surface area contributed by atoms with Crippen LogP contribution in [0, 0.1) is 11.2 Å². The Morgan fingerprint density at radius 2 is 2.05 bits per heavy atom. The number of amides is 1. The topological polar surface area (TPSA) is 77.2 Å². The molecule has 1 aliphatic rings. The number of anilines is 1. The average Bonchev–Trinajstić information content (AvgIpc) is 2.42. The Bertz CT molecular complexity index is 425. The fourth-order valence-electron chi connectivity index (χ4n) is 1.98. The molecule has 0 atom stereocenters. The fourth-order valence-corrected chi connectivity index (χ4v) is 1.98. The highest BCUT2D eigenvalue weighted by molar-refractivity contribution is 5.94. The first-order valence-electron chi connectivity index (χ1n) is 5.87. The lowest BCUT2D eigenvalue weighted by Gasteiger charge is -2.34. The number of ether oxygens (including phenoxy) is 1. The third-order valence-electron chi connectivity index (χ3n) is 3.29. The Labute approximate surface area is 129 Å². The summed E-state index contributed by atoms with van der Waals surface area (Å²) in [7, 11) is 0. The summed E-state index contributed by atoms with van der Waals surface area (Å²) in [5, 5.41) is 2.68. The van der Waals surface area contributed by atoms with Gasteiger partial charge in [0.05, 0.1) is 11.6 Å². The van der Waals surface area contributed by atoms with Crippen LogP contribution in [0.2, 0.25) is 0 Å². The minimum Gasteiger partial charge on any atom is -0.381 e. The van der Waals surface area contributed by atoms with E-state index < -0.39 is 11.2 Å². The Morgan fingerprint density at radius 3 is 2.55 bits per heavy atom. The summed E-state index contributed by atoms with van der Waals surface area (Å²) >= 11 is 0. The zero-order valence-electron chi connectivity index (χ0n) is 10.8. The second-order valence-electron chi connectivity index (χ2n) is 4.41. The first-order chi connectivity index (χ1) is 8.66. The molecular weight excluding hydrogens is 308 g/mol. The number of carbonyl (C=O) groups excluding carboxylic acids is 1. The highest BCUT2D eigenvalue weighted by atomic mass is 35.5. The van der Waals surface area contributed by atoms with Crippen LogP contribution in [0.3, 0.4) is 0 Å². The molecule has 2 heterocycles. The van der Waals surface area contributed by atoms with E-state index in [4.69, 9.17) is 10.5 Å². The van der Waals surface area contributed by atoms with Crippen molar-refractivity contribution in [2.45, 2.75) is 12.8 Å². The number of aromatic nitrogens is 1. The van der Waals surface area contributed by atoms with Crippen molar-refractivity contribution in [2.75, 3.05) is 25.1 Å². The molecule has 114 valence electrons. The van der Waals surface area contributed by atoms with Crippen molar-refractivity contribution >= 4 is 36.5 Å². The van der Waals surface area contributed by atoms with E-state index in [0.29, 0.717) is 31.9 Å². The van der Waals surface area contributed by atoms with Gasteiger partial charge < -0.3 is 15.8 Å². The molecule has 0 aliphatic carbocycles. The van der Waals surface area contributed by atoms with Gasteiger partial charge in [0.15, 0.2) is 0 Å². The zero-order chi connectivity index (χ0) is 13.0. The Hall–Kier alpha value is -0.950. The number of nitrogens with two attached hydrogens (primary N) is 1. The molecule has 0 unspecified atom stereocenters. The molecule has 0 bridgehead atoms. The van der Waals surface area contributed by atoms with E-state index in [1.807, 2.05) is 0 Å². The lowest BCUT2D eigenvalue weighted by atomic mass is 9.79. The lowest BCUT2D eigenvalue weighted by Crippen LogP contribution is -2.46. The molecule has 0 spiro atoms. The predicted molar refractivity (Wildman–Crippen MR) is 78.9 cm³/mol. The van der Waals surface area contributed by atoms with Crippen molar-refractivity contribution in [1.82, 2.24) is 4.98 Å². The summed E-state index contributed by atoms with van der Waals surface area (Å²) < 4.78 is 18.0. The van der Waals surface area contributed by atoms with Gasteiger partial charge in [-0.15, -0.1) is 24.8 Å². The van der Waals surface area contributed by atoms with Gasteiger partial charge in [0, 0.05) is 19.8 Å². The minimum atomic E-state index is -0.603. The number of carbonyl (C=O) groups is 1. The van der Waals surface area contributed by atoms with Crippen LogP contribution in [-0.4, -0.2) is 30.6 Å². The van der Waals surface area contributed by atoms with Gasteiger partial charge in [-0.1, -0.05) is 0 Å². The number of nitrogens with one attached hydrogen (secondary N) is 1. The molecule has 1 aromatic rings. The second-order valence-corrected chi connectivity index (χ2v) is 4.41. The van der Waals surface area contributed by atoms with E-state index in [1.54, 1.807) is 0 Å². The predicted octanol–water partition coefficient (Wildman–Crippen LogP) is 1.76. The summed E-state index contributed by atoms with van der Waals surface area (Å²) in [6, 6.07) is 2.68. The molecule has 2 rings (SSSR count). The summed E-state index contributed by atoms with van der Waals surface area (Å²) in [6.45, 7) is 1.33. The van der Waals surface area contributed by atoms with Gasteiger partial charge >= 0.3 is 0 Å². The third kappa shape index (κ3) is 4.28. The van der Waals surface area contributed by atoms with Crippen LogP contribution < -0.4 is 11.1 Å². The number of nitrogens with zero attached hydrogens (tertiary/aromatic N) is 1. The molecule has 3 N–H and O–H groups in total. The molecule has 1 saturated heterocycles. The minimum absolute atomic E-state index is 0. The maximum atomic E-state index is 12.7. The summed E-state index contributed by atoms with van der Waals surface area (Å²) in [4.78, 5) is 16.0. The van der Waals surface area contributed by atoms with Gasteiger partial charge in [0.25, 0.3) is 0 Å². The standard InChI is InChI=1S/C12H16FN3O2.2ClH/c13-9-1-2-10(15-7-9)16-11(17)12(8-14)3-5-18-6-4-12;;/h1-2,7H,3-6,8,14H2,(H,15,16,17);2*1H. The molecule has 0 saturated carbocycles. The molecule has 0 radical (unpaired) electrons. The number of hydrogen-bond donors (Lipinski definition) is 2. The summed E-state index contributed by atoms with van der Waals surface area (Å²) in [5.74, 6) is -0.277. The molecule has 8 heteroatoms. The maximum absolute atomic E-state index is 12.7. The van der Waals surface area contributed by atoms with Crippen molar-refractivity contribution in [3.8, 4) is 0 Å². The van der Waals surface area contributed by atoms with E-state index >= 15 is 0 Å². The zero-order valence-corrected chi connectivity index (χ0v) is 12.4. The van der Waals surface area contributed by atoms with Crippen LogP contribution in [0.25, 0.3) is 0 Å². The van der Waals surface area contributed by atoms with Gasteiger partial charge in [-0.05, 0) is 25.0 Å². The Morgan fingerprint density at radius 1 is 1.40 bits per heavy atom. The van der Waals surface area contributed by atoms with Crippen LogP contribution in [0.4, 0.5) is 10.2 Å². The van der Waals surface area contributed by atoms with E-state index in [9.17, 15) is 9.18 Å². The van der Waals surface area contributed by atoms with E-state index in [0.717, 1.165) is 6.20 Å². The monoisotopic (exact) mass is 325 g/mol. The molecular formula is C12H18Cl2FN3O2. The van der Waals surface area contributed by atoms with Crippen molar-refractivity contribution in [1.29, 1.82) is 0 Å². The van der Waals surface area contributed by atoms with E-state index in [-0.39, 0.29) is 37.3 Å². The lowest BCUT2D eigenvalue weighted by molar-refractivity contribution is -0.130. The van der Waals surface area contributed by atoms with Crippen LogP contribution in [0.15, 0.2) is 18.3 Å². The highest BCUT2D eigenvalue weighted by Crippen LogP contribution is 2.30. The summed E-state index contributed by atoms with van der Waals surface area (Å²) in [5.41, 5.74) is 5.12. The summed E-state index contributed by atoms with van der Waals surface area (Å²) in [6.07, 6.45) is 2.25. The molecule has 1 aromatic heterocycles. The van der Waals surface area contributed by atoms with Gasteiger partial charge in [-0.2, -0.15) is 0 Å². The Kier molecular flexibility index (Phi) is 7.96. The number of halogens is 3. The number of rotatable bonds is 3. The first-order valence-corrected chi connectivity index (χ1v) is 5.87. The van der Waals surface area contributed by atoms with Crippen molar-refractivity contribution < 1.29 is 13.9 Å². The van der Waals surface area contributed by atoms with Crippen LogP contribution >= 0.6 is 24.8 Å². The quantitative estimate of drug-likeness (QED) is 0.887. The maximum Gasteiger partial charge on any atom is 0.233 e. The second kappa shape index (κ2) is 8.36. The largest absolute Gasteiger partial charge is 0.381 e. The molecule has 1 aliphatic heterocycles. The molecule has 5 nitrogen and oxygen atoms in total. The number of pyridine rings is 1. The van der Waals surface area contributed by atoms with Crippen LogP contribution in [-0.2, 0) is 9.53 Å². The SMILES string of the molecule is Cl.Cl.NCC1(C(=O)Nc2ccc(F)cn2)CCOCC1. The van der Waals surface area contributed by atoms with Crippen molar-refractivity contribution in [3.05, 3.63) is 24.1 Å². The fraction of sp³-hybridized carbons (Fsp3) is 0.500. The van der Waals surface area contributed by atoms with Crippen molar-refractivity contribution in [2.24, 2.45) is 11.1 Å². The third-order valence-corrected chi connectivity index (χ3v) is 3.29. The van der Waals surface area contributed by atoms with Gasteiger partial charge in [-0.3, -0.25) is 4.79 Å². The smallest absolute Gasteiger partial charge is 0.233 e. The molecule has 0 aromatic carbocycles. The molecule has 1 amide bonds. The van der Waals surface area contributed by atoms with Gasteiger partial charge in [0.2, 0.25) is 5.91 Å². The first kappa shape index (κ1) is 19.1. The van der Waals surface area contributed by atoms with Crippen molar-refractivity contribution in [3.63, 3.8) is 0 Å². The van der Waals surface area contributed by atoms with Gasteiger partial charge in [-0.25, -0.2) is 9.37 Å². The average molecular weight is 326 g/mol. The molecule has 20 heavy (non-hydrogen) atoms. The highest BCUT2D eigenvalue weighted by Gasteiger charge is 2.38. The van der Waals surface area contributed by atoms with E-state index in [2.05, 4.69) is 10.3 Å². The van der Waals surface area contributed by atoms with Crippen LogP contribution in [0.1, 0.15) is 12.8 Å². The molecule has 1 fully saturated rings.